The summed E-state index contributed by atoms with van der Waals surface area (Å²) in [7, 11) is 1.54. The highest BCUT2D eigenvalue weighted by molar-refractivity contribution is 5.78. The molecule has 2 N–H and O–H groups in total. The normalized spacial score (nSPS) is 12.3. The number of carbonyl (C=O) groups is 1. The first-order valence-corrected chi connectivity index (χ1v) is 5.91. The van der Waals surface area contributed by atoms with Crippen LogP contribution in [-0.2, 0) is 9.53 Å². The molecule has 0 bridgehead atoms. The van der Waals surface area contributed by atoms with Crippen molar-refractivity contribution < 1.29 is 14.6 Å². The van der Waals surface area contributed by atoms with Gasteiger partial charge in [-0.2, -0.15) is 0 Å². The number of hydrogen-bond acceptors (Lipinski definition) is 5. The van der Waals surface area contributed by atoms with Gasteiger partial charge in [-0.1, -0.05) is 12.1 Å². The number of fused-ring (bicyclic) bond motifs is 1. The summed E-state index contributed by atoms with van der Waals surface area (Å²) < 4.78 is 4.89. The van der Waals surface area contributed by atoms with Crippen molar-refractivity contribution in [3.05, 3.63) is 30.5 Å². The molecule has 0 aliphatic carbocycles. The van der Waals surface area contributed by atoms with Gasteiger partial charge in [0.25, 0.3) is 0 Å². The molecule has 1 unspecified atom stereocenters. The van der Waals surface area contributed by atoms with Gasteiger partial charge < -0.3 is 15.2 Å². The molecule has 0 fully saturated rings. The predicted molar refractivity (Wildman–Crippen MR) is 71.1 cm³/mol. The van der Waals surface area contributed by atoms with Crippen molar-refractivity contribution in [2.75, 3.05) is 19.0 Å². The number of nitrogens with one attached hydrogen (secondary N) is 1. The predicted octanol–water partition coefficient (Wildman–Crippen LogP) is 1.53. The first kappa shape index (κ1) is 13.2. The van der Waals surface area contributed by atoms with Crippen molar-refractivity contribution in [3.8, 4) is 0 Å². The number of benzene rings is 1. The summed E-state index contributed by atoms with van der Waals surface area (Å²) in [6.07, 6.45) is 1.89. The molecule has 1 heterocycles. The van der Waals surface area contributed by atoms with Gasteiger partial charge in [-0.3, -0.25) is 4.98 Å². The standard InChI is InChI=1S/C13H15N3O3/c1-19-7-6-11(13(17)18)16-12-8-14-9-4-2-3-5-10(9)15-12/h2-5,8,11H,6-7H2,1H3,(H,15,16)(H,17,18). The zero-order chi connectivity index (χ0) is 13.7. The maximum absolute atomic E-state index is 11.1. The lowest BCUT2D eigenvalue weighted by Gasteiger charge is -2.14. The number of ether oxygens (including phenoxy) is 1. The van der Waals surface area contributed by atoms with Gasteiger partial charge in [-0.05, 0) is 12.1 Å². The van der Waals surface area contributed by atoms with Crippen LogP contribution in [0.2, 0.25) is 0 Å². The fraction of sp³-hybridized carbons (Fsp3) is 0.308. The van der Waals surface area contributed by atoms with Crippen LogP contribution in [0.1, 0.15) is 6.42 Å². The second kappa shape index (κ2) is 6.10. The third-order valence-electron chi connectivity index (χ3n) is 2.68. The van der Waals surface area contributed by atoms with E-state index in [9.17, 15) is 4.79 Å². The summed E-state index contributed by atoms with van der Waals surface area (Å²) in [6.45, 7) is 0.366. The Hall–Kier alpha value is -2.21. The van der Waals surface area contributed by atoms with E-state index in [-0.39, 0.29) is 0 Å². The van der Waals surface area contributed by atoms with E-state index in [1.54, 1.807) is 0 Å². The molecule has 1 aromatic carbocycles. The number of aliphatic carboxylic acids is 1. The van der Waals surface area contributed by atoms with Gasteiger partial charge in [0.2, 0.25) is 0 Å². The summed E-state index contributed by atoms with van der Waals surface area (Å²) in [5.74, 6) is -0.491. The van der Waals surface area contributed by atoms with Crippen LogP contribution in [0.3, 0.4) is 0 Å². The van der Waals surface area contributed by atoms with Gasteiger partial charge in [0.05, 0.1) is 17.2 Å². The second-order valence-electron chi connectivity index (χ2n) is 4.06. The summed E-state index contributed by atoms with van der Waals surface area (Å²) >= 11 is 0. The molecule has 100 valence electrons. The van der Waals surface area contributed by atoms with Crippen LogP contribution >= 0.6 is 0 Å². The lowest BCUT2D eigenvalue weighted by molar-refractivity contribution is -0.138. The molecule has 6 nitrogen and oxygen atoms in total. The van der Waals surface area contributed by atoms with E-state index >= 15 is 0 Å². The number of methoxy groups -OCH3 is 1. The van der Waals surface area contributed by atoms with E-state index in [2.05, 4.69) is 15.3 Å². The molecule has 0 radical (unpaired) electrons. The van der Waals surface area contributed by atoms with Gasteiger partial charge in [0.15, 0.2) is 0 Å². The number of rotatable bonds is 6. The average molecular weight is 261 g/mol. The van der Waals surface area contributed by atoms with Crippen molar-refractivity contribution in [1.29, 1.82) is 0 Å². The topological polar surface area (TPSA) is 84.3 Å². The highest BCUT2D eigenvalue weighted by Gasteiger charge is 2.17. The third-order valence-corrected chi connectivity index (χ3v) is 2.68. The molecule has 0 spiro atoms. The number of hydrogen-bond donors (Lipinski definition) is 2. The Kier molecular flexibility index (Phi) is 4.25. The maximum Gasteiger partial charge on any atom is 0.326 e. The molecule has 19 heavy (non-hydrogen) atoms. The van der Waals surface area contributed by atoms with Crippen molar-refractivity contribution in [3.63, 3.8) is 0 Å². The van der Waals surface area contributed by atoms with Crippen LogP contribution in [0, 0.1) is 0 Å². The number of aromatic nitrogens is 2. The molecule has 0 aliphatic heterocycles. The minimum Gasteiger partial charge on any atom is -0.480 e. The van der Waals surface area contributed by atoms with Crippen LogP contribution in [0.5, 0.6) is 0 Å². The largest absolute Gasteiger partial charge is 0.480 e. The summed E-state index contributed by atoms with van der Waals surface area (Å²) in [5, 5.41) is 12.0. The van der Waals surface area contributed by atoms with Crippen molar-refractivity contribution in [2.45, 2.75) is 12.5 Å². The number of carboxylic acids is 1. The van der Waals surface area contributed by atoms with Crippen LogP contribution in [0.25, 0.3) is 11.0 Å². The Morgan fingerprint density at radius 2 is 2.16 bits per heavy atom. The third kappa shape index (κ3) is 3.38. The molecule has 0 amide bonds. The Bertz CT molecular complexity index is 574. The number of carboxylic acid groups (broad SMARTS) is 1. The van der Waals surface area contributed by atoms with Crippen LogP contribution in [0.15, 0.2) is 30.5 Å². The van der Waals surface area contributed by atoms with Gasteiger partial charge in [0.1, 0.15) is 11.9 Å². The van der Waals surface area contributed by atoms with E-state index < -0.39 is 12.0 Å². The lowest BCUT2D eigenvalue weighted by atomic mass is 10.2. The fourth-order valence-electron chi connectivity index (χ4n) is 1.70. The highest BCUT2D eigenvalue weighted by atomic mass is 16.5. The Morgan fingerprint density at radius 3 is 2.84 bits per heavy atom. The summed E-state index contributed by atoms with van der Waals surface area (Å²) in [6, 6.07) is 6.68. The molecular formula is C13H15N3O3. The fourth-order valence-corrected chi connectivity index (χ4v) is 1.70. The molecule has 6 heteroatoms. The number of anilines is 1. The quantitative estimate of drug-likeness (QED) is 0.820. The smallest absolute Gasteiger partial charge is 0.326 e. The van der Waals surface area contributed by atoms with Gasteiger partial charge in [0, 0.05) is 20.1 Å². The van der Waals surface area contributed by atoms with E-state index in [4.69, 9.17) is 9.84 Å². The van der Waals surface area contributed by atoms with Crippen molar-refractivity contribution in [1.82, 2.24) is 9.97 Å². The van der Waals surface area contributed by atoms with E-state index in [0.717, 1.165) is 11.0 Å². The Morgan fingerprint density at radius 1 is 1.42 bits per heavy atom. The molecule has 1 atom stereocenters. The first-order chi connectivity index (χ1) is 9.20. The van der Waals surface area contributed by atoms with Crippen LogP contribution in [-0.4, -0.2) is 40.8 Å². The summed E-state index contributed by atoms with van der Waals surface area (Å²) in [5.41, 5.74) is 1.50. The van der Waals surface area contributed by atoms with Crippen LogP contribution in [0.4, 0.5) is 5.82 Å². The van der Waals surface area contributed by atoms with E-state index in [1.165, 1.54) is 13.3 Å². The second-order valence-corrected chi connectivity index (χ2v) is 4.06. The van der Waals surface area contributed by atoms with E-state index in [0.29, 0.717) is 18.8 Å². The SMILES string of the molecule is COCCC(Nc1cnc2ccccc2n1)C(=O)O. The molecule has 2 aromatic rings. The Balaban J connectivity index is 2.16. The molecule has 1 aromatic heterocycles. The van der Waals surface area contributed by atoms with Crippen molar-refractivity contribution >= 4 is 22.8 Å². The maximum atomic E-state index is 11.1. The molecular weight excluding hydrogens is 246 g/mol. The monoisotopic (exact) mass is 261 g/mol. The van der Waals surface area contributed by atoms with Gasteiger partial charge in [-0.25, -0.2) is 9.78 Å². The van der Waals surface area contributed by atoms with Crippen molar-refractivity contribution in [2.24, 2.45) is 0 Å². The molecule has 0 aliphatic rings. The number of para-hydroxylation sites is 2. The lowest BCUT2D eigenvalue weighted by Crippen LogP contribution is -2.30. The highest BCUT2D eigenvalue weighted by Crippen LogP contribution is 2.12. The zero-order valence-corrected chi connectivity index (χ0v) is 10.5. The molecule has 0 saturated carbocycles. The summed E-state index contributed by atoms with van der Waals surface area (Å²) in [4.78, 5) is 19.7. The molecule has 0 saturated heterocycles. The van der Waals surface area contributed by atoms with Gasteiger partial charge in [-0.15, -0.1) is 0 Å². The molecule has 2 rings (SSSR count). The zero-order valence-electron chi connectivity index (χ0n) is 10.5. The van der Waals surface area contributed by atoms with E-state index in [1.807, 2.05) is 24.3 Å². The average Bonchev–Trinajstić information content (AvgIpc) is 2.43. The Labute approximate surface area is 110 Å². The minimum atomic E-state index is -0.938. The first-order valence-electron chi connectivity index (χ1n) is 5.91. The number of nitrogens with zero attached hydrogens (tertiary/aromatic N) is 2. The van der Waals surface area contributed by atoms with Gasteiger partial charge >= 0.3 is 5.97 Å². The minimum absolute atomic E-state index is 0.361. The van der Waals surface area contributed by atoms with Crippen LogP contribution < -0.4 is 5.32 Å².